The van der Waals surface area contributed by atoms with Gasteiger partial charge in [0.15, 0.2) is 5.82 Å². The van der Waals surface area contributed by atoms with Gasteiger partial charge in [0.1, 0.15) is 0 Å². The summed E-state index contributed by atoms with van der Waals surface area (Å²) in [6, 6.07) is -0.354. The second-order valence-corrected chi connectivity index (χ2v) is 4.25. The molecule has 1 atom stereocenters. The summed E-state index contributed by atoms with van der Waals surface area (Å²) in [5.74, 6) is 0.983. The lowest BCUT2D eigenvalue weighted by Crippen LogP contribution is -2.25. The molecule has 1 aromatic rings. The topological polar surface area (TPSA) is 83.4 Å². The largest absolute Gasteiger partial charge is 0.383 e. The van der Waals surface area contributed by atoms with Gasteiger partial charge in [0, 0.05) is 14.2 Å². The maximum Gasteiger partial charge on any atom is 0.229 e. The highest BCUT2D eigenvalue weighted by Gasteiger charge is 2.22. The molecule has 1 unspecified atom stereocenters. The van der Waals surface area contributed by atoms with Gasteiger partial charge < -0.3 is 19.7 Å². The zero-order valence-electron chi connectivity index (χ0n) is 10.2. The molecule has 1 heterocycles. The molecule has 2 N–H and O–H groups in total. The lowest BCUT2D eigenvalue weighted by atomic mass is 10.1. The number of nitrogens with zero attached hydrogens (tertiary/aromatic N) is 2. The Morgan fingerprint density at radius 2 is 2.12 bits per heavy atom. The summed E-state index contributed by atoms with van der Waals surface area (Å²) >= 11 is 0. The number of ether oxygens (including phenoxy) is 2. The predicted molar refractivity (Wildman–Crippen MR) is 57.9 cm³/mol. The lowest BCUT2D eigenvalue weighted by molar-refractivity contribution is 0.0170. The first-order chi connectivity index (χ1) is 7.48. The van der Waals surface area contributed by atoms with Crippen molar-refractivity contribution in [1.82, 2.24) is 10.1 Å². The third kappa shape index (κ3) is 3.55. The van der Waals surface area contributed by atoms with E-state index in [9.17, 15) is 0 Å². The van der Waals surface area contributed by atoms with E-state index in [0.717, 1.165) is 0 Å². The second-order valence-electron chi connectivity index (χ2n) is 4.25. The molecule has 0 fully saturated rings. The van der Waals surface area contributed by atoms with Crippen LogP contribution in [0.3, 0.4) is 0 Å². The first-order valence-electron chi connectivity index (χ1n) is 5.10. The number of aromatic nitrogens is 2. The van der Waals surface area contributed by atoms with Gasteiger partial charge in [-0.1, -0.05) is 5.16 Å². The van der Waals surface area contributed by atoms with Crippen molar-refractivity contribution in [3.63, 3.8) is 0 Å². The predicted octanol–water partition coefficient (Wildman–Crippen LogP) is 0.683. The number of hydrogen-bond acceptors (Lipinski definition) is 6. The van der Waals surface area contributed by atoms with Gasteiger partial charge in [-0.05, 0) is 13.8 Å². The Balaban J connectivity index is 2.64. The maximum absolute atomic E-state index is 5.77. The molecule has 0 radical (unpaired) electrons. The first kappa shape index (κ1) is 13.1. The molecule has 6 nitrogen and oxygen atoms in total. The van der Waals surface area contributed by atoms with Crippen LogP contribution in [0.4, 0.5) is 0 Å². The van der Waals surface area contributed by atoms with Gasteiger partial charge in [-0.2, -0.15) is 4.98 Å². The highest BCUT2D eigenvalue weighted by molar-refractivity contribution is 4.95. The van der Waals surface area contributed by atoms with Crippen LogP contribution in [-0.2, 0) is 15.9 Å². The van der Waals surface area contributed by atoms with Crippen LogP contribution < -0.4 is 5.73 Å². The van der Waals surface area contributed by atoms with E-state index in [4.69, 9.17) is 19.7 Å². The quantitative estimate of drug-likeness (QED) is 0.772. The molecule has 0 aliphatic heterocycles. The third-order valence-corrected chi connectivity index (χ3v) is 2.29. The van der Waals surface area contributed by atoms with Crippen LogP contribution in [0.5, 0.6) is 0 Å². The highest BCUT2D eigenvalue weighted by atomic mass is 16.5. The summed E-state index contributed by atoms with van der Waals surface area (Å²) in [7, 11) is 3.23. The van der Waals surface area contributed by atoms with Gasteiger partial charge in [0.2, 0.25) is 5.89 Å². The van der Waals surface area contributed by atoms with Crippen LogP contribution >= 0.6 is 0 Å². The van der Waals surface area contributed by atoms with Gasteiger partial charge in [0.25, 0.3) is 0 Å². The summed E-state index contributed by atoms with van der Waals surface area (Å²) in [5.41, 5.74) is 5.45. The molecule has 0 amide bonds. The summed E-state index contributed by atoms with van der Waals surface area (Å²) in [5, 5.41) is 3.81. The smallest absolute Gasteiger partial charge is 0.229 e. The second kappa shape index (κ2) is 5.38. The molecule has 92 valence electrons. The summed E-state index contributed by atoms with van der Waals surface area (Å²) in [6.07, 6.45) is 0.552. The summed E-state index contributed by atoms with van der Waals surface area (Å²) < 4.78 is 15.3. The molecule has 0 bridgehead atoms. The SMILES string of the molecule is COCC(N)c1noc(CC(C)(C)OC)n1. The van der Waals surface area contributed by atoms with Gasteiger partial charge in [-0.25, -0.2) is 0 Å². The van der Waals surface area contributed by atoms with Gasteiger partial charge in [0.05, 0.1) is 24.7 Å². The van der Waals surface area contributed by atoms with Crippen LogP contribution in [0.2, 0.25) is 0 Å². The van der Waals surface area contributed by atoms with Crippen molar-refractivity contribution in [2.24, 2.45) is 5.73 Å². The van der Waals surface area contributed by atoms with Crippen molar-refractivity contribution in [2.45, 2.75) is 31.9 Å². The highest BCUT2D eigenvalue weighted by Crippen LogP contribution is 2.15. The van der Waals surface area contributed by atoms with Gasteiger partial charge in [-0.15, -0.1) is 0 Å². The Bertz CT molecular complexity index is 325. The molecular weight excluding hydrogens is 210 g/mol. The van der Waals surface area contributed by atoms with E-state index >= 15 is 0 Å². The molecule has 1 aromatic heterocycles. The van der Waals surface area contributed by atoms with E-state index in [1.165, 1.54) is 0 Å². The third-order valence-electron chi connectivity index (χ3n) is 2.29. The number of hydrogen-bond donors (Lipinski definition) is 1. The van der Waals surface area contributed by atoms with Crippen molar-refractivity contribution in [3.8, 4) is 0 Å². The average Bonchev–Trinajstić information content (AvgIpc) is 2.66. The van der Waals surface area contributed by atoms with Crippen LogP contribution in [0.1, 0.15) is 31.6 Å². The Kier molecular flexibility index (Phi) is 4.40. The van der Waals surface area contributed by atoms with Crippen LogP contribution in [-0.4, -0.2) is 36.6 Å². The van der Waals surface area contributed by atoms with Crippen molar-refractivity contribution >= 4 is 0 Å². The molecule has 0 aliphatic carbocycles. The van der Waals surface area contributed by atoms with E-state index in [0.29, 0.717) is 24.7 Å². The normalized spacial score (nSPS) is 14.1. The molecule has 6 heteroatoms. The molecule has 1 rings (SSSR count). The minimum atomic E-state index is -0.354. The molecule has 0 aromatic carbocycles. The van der Waals surface area contributed by atoms with Crippen molar-refractivity contribution in [3.05, 3.63) is 11.7 Å². The number of nitrogens with two attached hydrogens (primary N) is 1. The van der Waals surface area contributed by atoms with Gasteiger partial charge >= 0.3 is 0 Å². The fourth-order valence-corrected chi connectivity index (χ4v) is 1.18. The fourth-order valence-electron chi connectivity index (χ4n) is 1.18. The fraction of sp³-hybridized carbons (Fsp3) is 0.800. The number of rotatable bonds is 6. The molecule has 0 saturated carbocycles. The standard InChI is InChI=1S/C10H19N3O3/c1-10(2,15-4)5-8-12-9(13-16-8)7(11)6-14-3/h7H,5-6,11H2,1-4H3. The van der Waals surface area contributed by atoms with Crippen molar-refractivity contribution in [1.29, 1.82) is 0 Å². The minimum Gasteiger partial charge on any atom is -0.383 e. The molecule has 0 aliphatic rings. The van der Waals surface area contributed by atoms with E-state index in [-0.39, 0.29) is 11.6 Å². The summed E-state index contributed by atoms with van der Waals surface area (Å²) in [6.45, 7) is 4.27. The minimum absolute atomic E-state index is 0.324. The first-order valence-corrected chi connectivity index (χ1v) is 5.10. The van der Waals surface area contributed by atoms with E-state index < -0.39 is 0 Å². The van der Waals surface area contributed by atoms with Crippen LogP contribution in [0.25, 0.3) is 0 Å². The summed E-state index contributed by atoms with van der Waals surface area (Å²) in [4.78, 5) is 4.20. The average molecular weight is 229 g/mol. The Hall–Kier alpha value is -0.980. The number of methoxy groups -OCH3 is 2. The van der Waals surface area contributed by atoms with E-state index in [1.54, 1.807) is 14.2 Å². The lowest BCUT2D eigenvalue weighted by Gasteiger charge is -2.19. The molecule has 0 saturated heterocycles. The Morgan fingerprint density at radius 1 is 1.44 bits per heavy atom. The van der Waals surface area contributed by atoms with Crippen molar-refractivity contribution in [2.75, 3.05) is 20.8 Å². The Morgan fingerprint density at radius 3 is 2.69 bits per heavy atom. The van der Waals surface area contributed by atoms with E-state index in [2.05, 4.69) is 10.1 Å². The monoisotopic (exact) mass is 229 g/mol. The molecule has 0 spiro atoms. The zero-order chi connectivity index (χ0) is 12.2. The van der Waals surface area contributed by atoms with Gasteiger partial charge in [-0.3, -0.25) is 0 Å². The van der Waals surface area contributed by atoms with Crippen LogP contribution in [0, 0.1) is 0 Å². The van der Waals surface area contributed by atoms with Crippen molar-refractivity contribution < 1.29 is 14.0 Å². The Labute approximate surface area is 95.1 Å². The molecular formula is C10H19N3O3. The van der Waals surface area contributed by atoms with Crippen LogP contribution in [0.15, 0.2) is 4.52 Å². The van der Waals surface area contributed by atoms with E-state index in [1.807, 2.05) is 13.8 Å². The molecule has 16 heavy (non-hydrogen) atoms. The maximum atomic E-state index is 5.77. The zero-order valence-corrected chi connectivity index (χ0v) is 10.2.